The number of likely N-dealkylation sites (N-methyl/N-ethyl adjacent to an activating group) is 1. The SMILES string of the molecule is CC1CN(c2nc(CCl)co2)CC1N(C)C. The molecule has 1 saturated heterocycles. The van der Waals surface area contributed by atoms with Gasteiger partial charge in [0.2, 0.25) is 0 Å². The molecule has 0 amide bonds. The molecule has 4 nitrogen and oxygen atoms in total. The van der Waals surface area contributed by atoms with E-state index in [9.17, 15) is 0 Å². The fourth-order valence-corrected chi connectivity index (χ4v) is 2.40. The molecule has 0 aliphatic carbocycles. The third kappa shape index (κ3) is 2.18. The molecule has 2 heterocycles. The molecule has 0 radical (unpaired) electrons. The van der Waals surface area contributed by atoms with Crippen LogP contribution < -0.4 is 4.90 Å². The molecule has 2 rings (SSSR count). The summed E-state index contributed by atoms with van der Waals surface area (Å²) in [7, 11) is 4.23. The summed E-state index contributed by atoms with van der Waals surface area (Å²) in [5.74, 6) is 1.03. The third-order valence-electron chi connectivity index (χ3n) is 3.18. The number of halogens is 1. The number of hydrogen-bond acceptors (Lipinski definition) is 4. The summed E-state index contributed by atoms with van der Waals surface area (Å²) in [5, 5.41) is 0. The highest BCUT2D eigenvalue weighted by atomic mass is 35.5. The summed E-state index contributed by atoms with van der Waals surface area (Å²) >= 11 is 5.71. The largest absolute Gasteiger partial charge is 0.432 e. The Labute approximate surface area is 101 Å². The highest BCUT2D eigenvalue weighted by Crippen LogP contribution is 2.25. The summed E-state index contributed by atoms with van der Waals surface area (Å²) in [6, 6.07) is 1.26. The van der Waals surface area contributed by atoms with E-state index in [0.29, 0.717) is 23.9 Å². The molecule has 0 aromatic carbocycles. The zero-order valence-corrected chi connectivity index (χ0v) is 10.7. The molecular formula is C11H18ClN3O. The fraction of sp³-hybridized carbons (Fsp3) is 0.727. The predicted octanol–water partition coefficient (Wildman–Crippen LogP) is 1.80. The van der Waals surface area contributed by atoms with Crippen LogP contribution in [0.4, 0.5) is 6.01 Å². The fourth-order valence-electron chi connectivity index (χ4n) is 2.28. The predicted molar refractivity (Wildman–Crippen MR) is 64.9 cm³/mol. The molecule has 1 aromatic rings. The summed E-state index contributed by atoms with van der Waals surface area (Å²) in [4.78, 5) is 8.79. The lowest BCUT2D eigenvalue weighted by Crippen LogP contribution is -2.34. The molecule has 1 aromatic heterocycles. The molecule has 2 unspecified atom stereocenters. The average Bonchev–Trinajstić information content (AvgIpc) is 2.83. The first-order valence-electron chi connectivity index (χ1n) is 5.53. The minimum Gasteiger partial charge on any atom is -0.432 e. The van der Waals surface area contributed by atoms with Crippen LogP contribution in [0.3, 0.4) is 0 Å². The van der Waals surface area contributed by atoms with Crippen LogP contribution in [-0.2, 0) is 5.88 Å². The quantitative estimate of drug-likeness (QED) is 0.758. The van der Waals surface area contributed by atoms with E-state index < -0.39 is 0 Å². The van der Waals surface area contributed by atoms with Gasteiger partial charge >= 0.3 is 0 Å². The number of oxazole rings is 1. The van der Waals surface area contributed by atoms with Crippen molar-refractivity contribution in [3.8, 4) is 0 Å². The number of anilines is 1. The molecule has 1 aliphatic heterocycles. The second kappa shape index (κ2) is 4.63. The molecule has 1 fully saturated rings. The number of alkyl halides is 1. The molecule has 0 bridgehead atoms. The van der Waals surface area contributed by atoms with Gasteiger partial charge in [-0.05, 0) is 20.0 Å². The normalized spacial score (nSPS) is 25.7. The van der Waals surface area contributed by atoms with Crippen LogP contribution in [0.5, 0.6) is 0 Å². The molecule has 0 spiro atoms. The summed E-state index contributed by atoms with van der Waals surface area (Å²) in [5.41, 5.74) is 0.803. The molecule has 5 heteroatoms. The first-order valence-corrected chi connectivity index (χ1v) is 6.07. The van der Waals surface area contributed by atoms with Gasteiger partial charge in [0.05, 0.1) is 11.6 Å². The number of hydrogen-bond donors (Lipinski definition) is 0. The van der Waals surface area contributed by atoms with Crippen molar-refractivity contribution in [3.05, 3.63) is 12.0 Å². The van der Waals surface area contributed by atoms with Crippen molar-refractivity contribution < 1.29 is 4.42 Å². The topological polar surface area (TPSA) is 32.5 Å². The van der Waals surface area contributed by atoms with Crippen molar-refractivity contribution in [1.82, 2.24) is 9.88 Å². The maximum absolute atomic E-state index is 5.71. The first-order chi connectivity index (χ1) is 7.61. The van der Waals surface area contributed by atoms with E-state index in [1.165, 1.54) is 0 Å². The highest BCUT2D eigenvalue weighted by Gasteiger charge is 2.33. The van der Waals surface area contributed by atoms with Gasteiger partial charge in [-0.1, -0.05) is 6.92 Å². The Morgan fingerprint density at radius 2 is 2.31 bits per heavy atom. The van der Waals surface area contributed by atoms with Crippen molar-refractivity contribution in [3.63, 3.8) is 0 Å². The maximum atomic E-state index is 5.71. The number of aromatic nitrogens is 1. The van der Waals surface area contributed by atoms with E-state index in [1.54, 1.807) is 6.26 Å². The van der Waals surface area contributed by atoms with E-state index in [0.717, 1.165) is 18.8 Å². The summed E-state index contributed by atoms with van der Waals surface area (Å²) in [6.07, 6.45) is 1.63. The van der Waals surface area contributed by atoms with Crippen LogP contribution in [0.15, 0.2) is 10.7 Å². The van der Waals surface area contributed by atoms with Crippen molar-refractivity contribution in [1.29, 1.82) is 0 Å². The molecule has 16 heavy (non-hydrogen) atoms. The Bertz CT molecular complexity index is 353. The van der Waals surface area contributed by atoms with Crippen molar-refractivity contribution in [2.45, 2.75) is 18.8 Å². The minimum atomic E-state index is 0.407. The van der Waals surface area contributed by atoms with Crippen LogP contribution in [0.1, 0.15) is 12.6 Å². The highest BCUT2D eigenvalue weighted by molar-refractivity contribution is 6.16. The van der Waals surface area contributed by atoms with Gasteiger partial charge in [-0.25, -0.2) is 0 Å². The van der Waals surface area contributed by atoms with Crippen LogP contribution in [-0.4, -0.2) is 43.1 Å². The second-order valence-corrected chi connectivity index (χ2v) is 4.94. The van der Waals surface area contributed by atoms with Crippen molar-refractivity contribution in [2.75, 3.05) is 32.1 Å². The maximum Gasteiger partial charge on any atom is 0.297 e. The first kappa shape index (κ1) is 11.7. The zero-order chi connectivity index (χ0) is 11.7. The lowest BCUT2D eigenvalue weighted by molar-refractivity contribution is 0.266. The van der Waals surface area contributed by atoms with Gasteiger partial charge in [0.1, 0.15) is 6.26 Å². The van der Waals surface area contributed by atoms with Gasteiger partial charge in [0, 0.05) is 19.1 Å². The lowest BCUT2D eigenvalue weighted by atomic mass is 10.1. The molecular weight excluding hydrogens is 226 g/mol. The number of nitrogens with zero attached hydrogens (tertiary/aromatic N) is 3. The van der Waals surface area contributed by atoms with Gasteiger partial charge in [-0.15, -0.1) is 11.6 Å². The molecule has 90 valence electrons. The van der Waals surface area contributed by atoms with E-state index in [4.69, 9.17) is 16.0 Å². The van der Waals surface area contributed by atoms with Crippen LogP contribution in [0, 0.1) is 5.92 Å². The monoisotopic (exact) mass is 243 g/mol. The van der Waals surface area contributed by atoms with Crippen molar-refractivity contribution in [2.24, 2.45) is 5.92 Å². The number of rotatable bonds is 3. The van der Waals surface area contributed by atoms with Gasteiger partial charge < -0.3 is 14.2 Å². The van der Waals surface area contributed by atoms with Crippen molar-refractivity contribution >= 4 is 17.6 Å². The van der Waals surface area contributed by atoms with Gasteiger partial charge in [-0.3, -0.25) is 0 Å². The van der Waals surface area contributed by atoms with Crippen LogP contribution in [0.25, 0.3) is 0 Å². The van der Waals surface area contributed by atoms with Gasteiger partial charge in [0.25, 0.3) is 6.01 Å². The molecule has 1 aliphatic rings. The van der Waals surface area contributed by atoms with Crippen LogP contribution >= 0.6 is 11.6 Å². The molecule has 0 saturated carbocycles. The Hall–Kier alpha value is -0.740. The Kier molecular flexibility index (Phi) is 3.40. The van der Waals surface area contributed by atoms with Gasteiger partial charge in [0.15, 0.2) is 0 Å². The Morgan fingerprint density at radius 1 is 1.56 bits per heavy atom. The Balaban J connectivity index is 2.07. The standard InChI is InChI=1S/C11H18ClN3O/c1-8-5-15(6-10(8)14(2)3)11-13-9(4-12)7-16-11/h7-8,10H,4-6H2,1-3H3. The van der Waals surface area contributed by atoms with Gasteiger partial charge in [-0.2, -0.15) is 4.98 Å². The molecule has 0 N–H and O–H groups in total. The van der Waals surface area contributed by atoms with E-state index in [1.807, 2.05) is 0 Å². The summed E-state index contributed by atoms with van der Waals surface area (Å²) < 4.78 is 5.43. The average molecular weight is 244 g/mol. The third-order valence-corrected chi connectivity index (χ3v) is 3.46. The van der Waals surface area contributed by atoms with E-state index in [-0.39, 0.29) is 0 Å². The summed E-state index contributed by atoms with van der Waals surface area (Å²) in [6.45, 7) is 4.22. The lowest BCUT2D eigenvalue weighted by Gasteiger charge is -2.22. The van der Waals surface area contributed by atoms with E-state index in [2.05, 4.69) is 35.8 Å². The second-order valence-electron chi connectivity index (χ2n) is 4.67. The van der Waals surface area contributed by atoms with E-state index >= 15 is 0 Å². The minimum absolute atomic E-state index is 0.407. The molecule has 2 atom stereocenters. The Morgan fingerprint density at radius 3 is 2.81 bits per heavy atom. The zero-order valence-electron chi connectivity index (χ0n) is 9.98. The van der Waals surface area contributed by atoms with Crippen LogP contribution in [0.2, 0.25) is 0 Å². The smallest absolute Gasteiger partial charge is 0.297 e.